The number of nitrogens with one attached hydrogen (secondary N) is 1. The highest BCUT2D eigenvalue weighted by molar-refractivity contribution is 7.89. The van der Waals surface area contributed by atoms with E-state index in [1.807, 2.05) is 12.1 Å². The third-order valence-corrected chi connectivity index (χ3v) is 4.94. The first kappa shape index (κ1) is 13.5. The van der Waals surface area contributed by atoms with Gasteiger partial charge in [0.2, 0.25) is 10.0 Å². The molecule has 18 heavy (non-hydrogen) atoms. The van der Waals surface area contributed by atoms with E-state index in [4.69, 9.17) is 0 Å². The number of nitrogens with two attached hydrogens (primary N) is 1. The van der Waals surface area contributed by atoms with Crippen LogP contribution >= 0.6 is 0 Å². The highest BCUT2D eigenvalue weighted by Gasteiger charge is 2.22. The van der Waals surface area contributed by atoms with Gasteiger partial charge in [-0.15, -0.1) is 0 Å². The first-order chi connectivity index (χ1) is 8.62. The van der Waals surface area contributed by atoms with Crippen LogP contribution in [0.5, 0.6) is 0 Å². The predicted molar refractivity (Wildman–Crippen MR) is 70.8 cm³/mol. The summed E-state index contributed by atoms with van der Waals surface area (Å²) in [6, 6.07) is 7.23. The molecule has 1 aromatic rings. The average molecular weight is 269 g/mol. The lowest BCUT2D eigenvalue weighted by Crippen LogP contribution is -2.87. The molecule has 1 aromatic carbocycles. The monoisotopic (exact) mass is 269 g/mol. The van der Waals surface area contributed by atoms with E-state index in [1.165, 1.54) is 0 Å². The molecule has 1 saturated heterocycles. The van der Waals surface area contributed by atoms with Gasteiger partial charge in [0.1, 0.15) is 0 Å². The van der Waals surface area contributed by atoms with E-state index in [2.05, 4.69) is 17.0 Å². The van der Waals surface area contributed by atoms with E-state index in [9.17, 15) is 8.42 Å². The molecule has 1 aliphatic heterocycles. The van der Waals surface area contributed by atoms with E-state index in [0.29, 0.717) is 4.90 Å². The maximum Gasteiger partial charge on any atom is 0.240 e. The Bertz CT molecular complexity index is 476. The van der Waals surface area contributed by atoms with Crippen LogP contribution in [0.25, 0.3) is 0 Å². The van der Waals surface area contributed by atoms with Gasteiger partial charge in [-0.05, 0) is 24.1 Å². The van der Waals surface area contributed by atoms with Crippen LogP contribution in [0.1, 0.15) is 25.3 Å². The molecule has 1 aliphatic rings. The normalized spacial score (nSPS) is 17.8. The zero-order chi connectivity index (χ0) is 13.0. The fourth-order valence-electron chi connectivity index (χ4n) is 2.24. The lowest BCUT2D eigenvalue weighted by Gasteiger charge is -2.21. The van der Waals surface area contributed by atoms with Crippen LogP contribution in [0.15, 0.2) is 29.2 Å². The molecule has 0 amide bonds. The summed E-state index contributed by atoms with van der Waals surface area (Å²) in [5, 5.41) is 2.22. The number of hydrogen-bond donors (Lipinski definition) is 2. The molecule has 0 atom stereocenters. The Kier molecular flexibility index (Phi) is 4.37. The number of quaternary nitrogens is 1. The second-order valence-electron chi connectivity index (χ2n) is 4.76. The fourth-order valence-corrected chi connectivity index (χ4v) is 3.54. The Labute approximate surface area is 109 Å². The van der Waals surface area contributed by atoms with E-state index < -0.39 is 10.0 Å². The van der Waals surface area contributed by atoms with Crippen molar-refractivity contribution in [2.24, 2.45) is 0 Å². The van der Waals surface area contributed by atoms with Crippen LogP contribution in [0, 0.1) is 0 Å². The van der Waals surface area contributed by atoms with Gasteiger partial charge in [-0.2, -0.15) is 0 Å². The molecule has 5 heteroatoms. The Balaban J connectivity index is 2.08. The van der Waals surface area contributed by atoms with Gasteiger partial charge >= 0.3 is 0 Å². The highest BCUT2D eigenvalue weighted by atomic mass is 32.2. The van der Waals surface area contributed by atoms with Crippen LogP contribution in [-0.4, -0.2) is 27.5 Å². The van der Waals surface area contributed by atoms with Gasteiger partial charge in [0.25, 0.3) is 0 Å². The van der Waals surface area contributed by atoms with E-state index in [0.717, 1.165) is 37.9 Å². The largest absolute Gasteiger partial charge is 0.346 e. The first-order valence-electron chi connectivity index (χ1n) is 6.55. The standard InChI is InChI=1S/C13H20N2O2S/c1-2-11-3-5-13(6-4-11)18(16,17)15-12-7-9-14-10-8-12/h3-6,12,14-15H,2,7-10H2,1H3/p+1. The second-order valence-corrected chi connectivity index (χ2v) is 6.47. The third-order valence-electron chi connectivity index (χ3n) is 3.40. The SMILES string of the molecule is CCc1ccc(S(=O)(=O)NC2CC[NH2+]CC2)cc1. The molecule has 1 fully saturated rings. The summed E-state index contributed by atoms with van der Waals surface area (Å²) in [4.78, 5) is 0.370. The van der Waals surface area contributed by atoms with Gasteiger partial charge in [0, 0.05) is 18.9 Å². The average Bonchev–Trinajstić information content (AvgIpc) is 2.39. The molecule has 1 heterocycles. The quantitative estimate of drug-likeness (QED) is 0.823. The number of rotatable bonds is 4. The van der Waals surface area contributed by atoms with Crippen molar-refractivity contribution >= 4 is 10.0 Å². The van der Waals surface area contributed by atoms with Crippen molar-refractivity contribution in [2.75, 3.05) is 13.1 Å². The second kappa shape index (κ2) is 5.82. The lowest BCUT2D eigenvalue weighted by molar-refractivity contribution is -0.663. The molecule has 2 rings (SSSR count). The Morgan fingerprint density at radius 1 is 1.22 bits per heavy atom. The molecular weight excluding hydrogens is 248 g/mol. The van der Waals surface area contributed by atoms with Crippen LogP contribution in [0.4, 0.5) is 0 Å². The molecule has 0 spiro atoms. The Morgan fingerprint density at radius 2 is 1.83 bits per heavy atom. The Hall–Kier alpha value is -0.910. The number of hydrogen-bond acceptors (Lipinski definition) is 2. The molecule has 0 unspecified atom stereocenters. The van der Waals surface area contributed by atoms with Crippen LogP contribution < -0.4 is 10.0 Å². The molecule has 4 nitrogen and oxygen atoms in total. The fraction of sp³-hybridized carbons (Fsp3) is 0.538. The molecular formula is C13H21N2O2S+. The maximum absolute atomic E-state index is 12.2. The minimum atomic E-state index is -3.35. The van der Waals surface area contributed by atoms with E-state index in [1.54, 1.807) is 12.1 Å². The minimum Gasteiger partial charge on any atom is -0.346 e. The molecule has 0 aromatic heterocycles. The van der Waals surface area contributed by atoms with Gasteiger partial charge in [-0.25, -0.2) is 13.1 Å². The molecule has 100 valence electrons. The number of sulfonamides is 1. The summed E-state index contributed by atoms with van der Waals surface area (Å²) in [6.45, 7) is 4.06. The molecule has 0 radical (unpaired) electrons. The zero-order valence-electron chi connectivity index (χ0n) is 10.7. The lowest BCUT2D eigenvalue weighted by atomic mass is 10.1. The molecule has 3 N–H and O–H groups in total. The van der Waals surface area contributed by atoms with Gasteiger partial charge in [0.15, 0.2) is 0 Å². The number of piperidine rings is 1. The summed E-state index contributed by atoms with van der Waals surface area (Å²) in [5.74, 6) is 0. The molecule has 0 aliphatic carbocycles. The minimum absolute atomic E-state index is 0.0888. The first-order valence-corrected chi connectivity index (χ1v) is 8.03. The number of benzene rings is 1. The molecule has 0 bridgehead atoms. The number of aryl methyl sites for hydroxylation is 1. The Morgan fingerprint density at radius 3 is 2.39 bits per heavy atom. The summed E-state index contributed by atoms with van der Waals surface area (Å²) in [7, 11) is -3.35. The van der Waals surface area contributed by atoms with Crippen molar-refractivity contribution in [3.05, 3.63) is 29.8 Å². The van der Waals surface area contributed by atoms with Crippen molar-refractivity contribution in [1.29, 1.82) is 0 Å². The van der Waals surface area contributed by atoms with Gasteiger partial charge in [-0.3, -0.25) is 0 Å². The van der Waals surface area contributed by atoms with Crippen LogP contribution in [-0.2, 0) is 16.4 Å². The predicted octanol–water partition coefficient (Wildman–Crippen LogP) is 0.253. The van der Waals surface area contributed by atoms with Gasteiger partial charge in [0.05, 0.1) is 18.0 Å². The van der Waals surface area contributed by atoms with Crippen LogP contribution in [0.3, 0.4) is 0 Å². The summed E-state index contributed by atoms with van der Waals surface area (Å²) < 4.78 is 27.2. The highest BCUT2D eigenvalue weighted by Crippen LogP contribution is 2.13. The van der Waals surface area contributed by atoms with Gasteiger partial charge < -0.3 is 5.32 Å². The summed E-state index contributed by atoms with van der Waals surface area (Å²) in [6.07, 6.45) is 2.74. The summed E-state index contributed by atoms with van der Waals surface area (Å²) >= 11 is 0. The summed E-state index contributed by atoms with van der Waals surface area (Å²) in [5.41, 5.74) is 1.15. The van der Waals surface area contributed by atoms with Gasteiger partial charge in [-0.1, -0.05) is 19.1 Å². The van der Waals surface area contributed by atoms with Crippen molar-refractivity contribution < 1.29 is 13.7 Å². The third kappa shape index (κ3) is 3.31. The van der Waals surface area contributed by atoms with Crippen molar-refractivity contribution in [2.45, 2.75) is 37.1 Å². The maximum atomic E-state index is 12.2. The van der Waals surface area contributed by atoms with Crippen molar-refractivity contribution in [1.82, 2.24) is 4.72 Å². The zero-order valence-corrected chi connectivity index (χ0v) is 11.5. The molecule has 0 saturated carbocycles. The van der Waals surface area contributed by atoms with Crippen molar-refractivity contribution in [3.63, 3.8) is 0 Å². The van der Waals surface area contributed by atoms with Crippen molar-refractivity contribution in [3.8, 4) is 0 Å². The van der Waals surface area contributed by atoms with E-state index in [-0.39, 0.29) is 6.04 Å². The smallest absolute Gasteiger partial charge is 0.240 e. The van der Waals surface area contributed by atoms with Crippen LogP contribution in [0.2, 0.25) is 0 Å². The van der Waals surface area contributed by atoms with E-state index >= 15 is 0 Å². The topological polar surface area (TPSA) is 62.8 Å².